The Balaban J connectivity index is 1.34. The highest BCUT2D eigenvalue weighted by atomic mass is 32.3. The van der Waals surface area contributed by atoms with Crippen LogP contribution in [0.1, 0.15) is 92.4 Å². The van der Waals surface area contributed by atoms with Crippen LogP contribution in [0, 0.1) is 52.3 Å². The first kappa shape index (κ1) is 38.7. The molecule has 5 fully saturated rings. The van der Waals surface area contributed by atoms with Gasteiger partial charge in [0.1, 0.15) is 24.4 Å². The average molecular weight is 709 g/mol. The Labute approximate surface area is 284 Å². The summed E-state index contributed by atoms with van der Waals surface area (Å²) in [4.78, 5) is 0. The predicted octanol–water partition coefficient (Wildman–Crippen LogP) is 1.39. The first-order chi connectivity index (χ1) is 22.2. The van der Waals surface area contributed by atoms with Crippen LogP contribution in [0.5, 0.6) is 0 Å². The molecule has 280 valence electrons. The lowest BCUT2D eigenvalue weighted by molar-refractivity contribution is -0.270. The highest BCUT2D eigenvalue weighted by Crippen LogP contribution is 2.70. The van der Waals surface area contributed by atoms with Crippen molar-refractivity contribution in [1.29, 1.82) is 0 Å². The van der Waals surface area contributed by atoms with Crippen LogP contribution in [0.25, 0.3) is 0 Å². The Hall–Kier alpha value is -0.490. The Kier molecular flexibility index (Phi) is 11.4. The zero-order valence-corrected chi connectivity index (χ0v) is 29.8. The molecule has 5 aliphatic rings. The molecule has 1 heterocycles. The topological polar surface area (TPSA) is 224 Å². The lowest BCUT2D eigenvalue weighted by Crippen LogP contribution is -2.69. The second-order valence-electron chi connectivity index (χ2n) is 16.9. The lowest BCUT2D eigenvalue weighted by Gasteiger charge is -2.66. The van der Waals surface area contributed by atoms with Crippen LogP contribution in [0.15, 0.2) is 0 Å². The number of hydrogen-bond acceptors (Lipinski definition) is 12. The van der Waals surface area contributed by atoms with Crippen molar-refractivity contribution in [3.05, 3.63) is 0 Å². The molecule has 8 N–H and O–H groups in total. The van der Waals surface area contributed by atoms with Crippen molar-refractivity contribution in [2.75, 3.05) is 13.2 Å². The van der Waals surface area contributed by atoms with Crippen LogP contribution in [-0.4, -0.2) is 117 Å². The van der Waals surface area contributed by atoms with Crippen molar-refractivity contribution >= 4 is 10.4 Å². The van der Waals surface area contributed by atoms with Crippen LogP contribution in [0.3, 0.4) is 0 Å². The molecule has 5 rings (SSSR count). The van der Waals surface area contributed by atoms with E-state index in [4.69, 9.17) is 13.7 Å². The quantitative estimate of drug-likeness (QED) is 0.142. The minimum absolute atomic E-state index is 0.0329. The first-order valence-electron chi connectivity index (χ1n) is 17.9. The third kappa shape index (κ3) is 7.00. The van der Waals surface area contributed by atoms with E-state index in [1.54, 1.807) is 0 Å². The van der Waals surface area contributed by atoms with Gasteiger partial charge in [0.05, 0.1) is 37.1 Å². The van der Waals surface area contributed by atoms with E-state index in [2.05, 4.69) is 20.8 Å². The predicted molar refractivity (Wildman–Crippen MR) is 172 cm³/mol. The summed E-state index contributed by atoms with van der Waals surface area (Å²) in [6, 6.07) is 0. The molecule has 4 aliphatic carbocycles. The molecular formula is C34H60O13S. The maximum atomic E-state index is 12.7. The van der Waals surface area contributed by atoms with Gasteiger partial charge in [0.25, 0.3) is 0 Å². The van der Waals surface area contributed by atoms with Crippen LogP contribution < -0.4 is 0 Å². The van der Waals surface area contributed by atoms with Gasteiger partial charge < -0.3 is 45.2 Å². The van der Waals surface area contributed by atoms with Crippen LogP contribution >= 0.6 is 0 Å². The molecule has 17 atom stereocenters. The Morgan fingerprint density at radius 3 is 2.19 bits per heavy atom. The zero-order chi connectivity index (χ0) is 35.6. The summed E-state index contributed by atoms with van der Waals surface area (Å²) in [5.41, 5.74) is -2.85. The van der Waals surface area contributed by atoms with E-state index in [0.717, 1.165) is 6.42 Å². The molecule has 4 saturated carbocycles. The van der Waals surface area contributed by atoms with Gasteiger partial charge in [0, 0.05) is 12.3 Å². The average Bonchev–Trinajstić information content (AvgIpc) is 3.20. The minimum atomic E-state index is -5.00. The molecule has 0 aromatic carbocycles. The van der Waals surface area contributed by atoms with Crippen molar-refractivity contribution in [2.24, 2.45) is 52.3 Å². The van der Waals surface area contributed by atoms with E-state index in [9.17, 15) is 48.7 Å². The molecule has 0 radical (unpaired) electrons. The smallest absolute Gasteiger partial charge is 0.393 e. The summed E-state index contributed by atoms with van der Waals surface area (Å²) >= 11 is 0. The van der Waals surface area contributed by atoms with Crippen molar-refractivity contribution in [1.82, 2.24) is 0 Å². The molecule has 14 heteroatoms. The Bertz CT molecular complexity index is 1220. The van der Waals surface area contributed by atoms with Crippen molar-refractivity contribution in [2.45, 2.75) is 147 Å². The molecule has 1 saturated heterocycles. The van der Waals surface area contributed by atoms with Gasteiger partial charge in [-0.05, 0) is 91.3 Å². The molecule has 1 aliphatic heterocycles. The number of ether oxygens (including phenoxy) is 2. The summed E-state index contributed by atoms with van der Waals surface area (Å²) in [5.74, 6) is -1.58. The van der Waals surface area contributed by atoms with Crippen molar-refractivity contribution in [3.63, 3.8) is 0 Å². The molecule has 9 unspecified atom stereocenters. The van der Waals surface area contributed by atoms with Gasteiger partial charge >= 0.3 is 10.4 Å². The molecule has 13 nitrogen and oxygen atoms in total. The Morgan fingerprint density at radius 1 is 0.875 bits per heavy atom. The second kappa shape index (κ2) is 14.1. The van der Waals surface area contributed by atoms with E-state index in [1.807, 2.05) is 13.8 Å². The van der Waals surface area contributed by atoms with Gasteiger partial charge in [-0.1, -0.05) is 41.0 Å². The fraction of sp³-hybridized carbons (Fsp3) is 1.00. The molecular weight excluding hydrogens is 648 g/mol. The molecule has 48 heavy (non-hydrogen) atoms. The van der Waals surface area contributed by atoms with Gasteiger partial charge in [0.2, 0.25) is 0 Å². The summed E-state index contributed by atoms with van der Waals surface area (Å²) in [7, 11) is -5.00. The van der Waals surface area contributed by atoms with Gasteiger partial charge in [-0.3, -0.25) is 4.55 Å². The molecule has 0 bridgehead atoms. The van der Waals surface area contributed by atoms with Crippen LogP contribution in [0.2, 0.25) is 0 Å². The number of rotatable bonds is 11. The second-order valence-corrected chi connectivity index (χ2v) is 17.9. The van der Waals surface area contributed by atoms with E-state index >= 15 is 0 Å². The van der Waals surface area contributed by atoms with Gasteiger partial charge in [-0.2, -0.15) is 8.42 Å². The van der Waals surface area contributed by atoms with E-state index in [1.165, 1.54) is 0 Å². The third-order valence-electron chi connectivity index (χ3n) is 13.8. The largest absolute Gasteiger partial charge is 0.397 e. The minimum Gasteiger partial charge on any atom is -0.393 e. The maximum Gasteiger partial charge on any atom is 0.397 e. The van der Waals surface area contributed by atoms with Gasteiger partial charge in [-0.15, -0.1) is 0 Å². The first-order valence-corrected chi connectivity index (χ1v) is 19.3. The summed E-state index contributed by atoms with van der Waals surface area (Å²) in [6.07, 6.45) is -4.32. The zero-order valence-electron chi connectivity index (χ0n) is 29.0. The Morgan fingerprint density at radius 2 is 1.54 bits per heavy atom. The van der Waals surface area contributed by atoms with E-state index in [-0.39, 0.29) is 49.2 Å². The number of fused-ring (bicyclic) bond motifs is 5. The standard InChI is InChI=1S/C34H60O13S/c1-17(2)19(10-13-45-31-28(40)26(38)23(37)16-46-31)7-6-18(3)25-27(39)29(47-48(42,43)44)30-33(25,5)12-9-24-32(4)11-8-20(35)14-21(32)22(36)15-34(24,30)41/h17-31,35-41H,6-16H2,1-5H3,(H,42,43,44)/t18-,19?,20+,21?,22-,23?,24?,25+,26?,27-,28?,29?,30?,31?,32+,33-,34+/m1/s1. The van der Waals surface area contributed by atoms with Gasteiger partial charge in [0.15, 0.2) is 6.29 Å². The van der Waals surface area contributed by atoms with E-state index in [0.29, 0.717) is 44.9 Å². The maximum absolute atomic E-state index is 12.7. The lowest BCUT2D eigenvalue weighted by atomic mass is 9.42. The molecule has 0 aromatic heterocycles. The third-order valence-corrected chi connectivity index (χ3v) is 14.3. The molecule has 0 amide bonds. The van der Waals surface area contributed by atoms with Crippen LogP contribution in [-0.2, 0) is 24.1 Å². The number of hydrogen-bond donors (Lipinski definition) is 8. The summed E-state index contributed by atoms with van der Waals surface area (Å²) < 4.78 is 50.7. The molecule has 0 aromatic rings. The van der Waals surface area contributed by atoms with Gasteiger partial charge in [-0.25, -0.2) is 4.18 Å². The van der Waals surface area contributed by atoms with Crippen LogP contribution in [0.4, 0.5) is 0 Å². The summed E-state index contributed by atoms with van der Waals surface area (Å²) in [5, 5.41) is 76.4. The number of aliphatic hydroxyl groups excluding tert-OH is 6. The summed E-state index contributed by atoms with van der Waals surface area (Å²) in [6.45, 7) is 10.4. The fourth-order valence-electron chi connectivity index (χ4n) is 11.5. The van der Waals surface area contributed by atoms with Crippen molar-refractivity contribution in [3.8, 4) is 0 Å². The highest BCUT2D eigenvalue weighted by molar-refractivity contribution is 7.80. The number of aliphatic hydroxyl groups is 7. The monoisotopic (exact) mass is 708 g/mol. The fourth-order valence-corrected chi connectivity index (χ4v) is 12.0. The van der Waals surface area contributed by atoms with E-state index < -0.39 is 87.7 Å². The SMILES string of the molecule is CC(C)C(CCOC1OCC(O)C(O)C1O)CC[C@@H](C)[C@H]1[C@@H](O)C(OS(=O)(=O)O)C2[C@]3(O)C[C@@H](O)C4C[C@@H](O)CC[C@]4(C)C3CC[C@@]21C. The van der Waals surface area contributed by atoms with Crippen molar-refractivity contribution < 1.29 is 62.4 Å². The normalized spacial score (nSPS) is 49.2. The highest BCUT2D eigenvalue weighted by Gasteiger charge is 2.73. The molecule has 0 spiro atoms.